The van der Waals surface area contributed by atoms with Gasteiger partial charge in [-0.05, 0) is 34.6 Å². The molecule has 20 heavy (non-hydrogen) atoms. The van der Waals surface area contributed by atoms with Gasteiger partial charge in [-0.15, -0.1) is 0 Å². The van der Waals surface area contributed by atoms with Crippen LogP contribution >= 0.6 is 19.8 Å². The second-order valence-electron chi connectivity index (χ2n) is 5.10. The number of ether oxygens (including phenoxy) is 1. The van der Waals surface area contributed by atoms with E-state index in [9.17, 15) is 9.36 Å². The van der Waals surface area contributed by atoms with E-state index in [1.807, 2.05) is 0 Å². The first-order chi connectivity index (χ1) is 9.05. The van der Waals surface area contributed by atoms with Gasteiger partial charge in [-0.25, -0.2) is 0 Å². The van der Waals surface area contributed by atoms with Crippen molar-refractivity contribution < 1.29 is 23.1 Å². The molecular weight excluding hydrogens is 301 g/mol. The fourth-order valence-corrected chi connectivity index (χ4v) is 3.64. The average molecular weight is 325 g/mol. The van der Waals surface area contributed by atoms with Gasteiger partial charge in [-0.1, -0.05) is 12.2 Å². The molecule has 0 aromatic heterocycles. The van der Waals surface area contributed by atoms with Crippen molar-refractivity contribution in [1.29, 1.82) is 0 Å². The van der Waals surface area contributed by atoms with Crippen LogP contribution in [0.25, 0.3) is 0 Å². The number of carbonyl (C=O) groups excluding carboxylic acids is 1. The predicted octanol–water partition coefficient (Wildman–Crippen LogP) is 2.64. The number of esters is 1. The molecule has 118 valence electrons. The third-order valence-corrected chi connectivity index (χ3v) is 4.63. The van der Waals surface area contributed by atoms with Crippen molar-refractivity contribution in [2.75, 3.05) is 13.2 Å². The van der Waals surface area contributed by atoms with E-state index in [0.29, 0.717) is 0 Å². The van der Waals surface area contributed by atoms with Crippen LogP contribution in [0.1, 0.15) is 41.0 Å². The van der Waals surface area contributed by atoms with Gasteiger partial charge in [0.15, 0.2) is 5.66 Å². The lowest BCUT2D eigenvalue weighted by molar-refractivity contribution is -0.154. The second kappa shape index (κ2) is 8.08. The maximum atomic E-state index is 12.7. The van der Waals surface area contributed by atoms with Crippen LogP contribution < -0.4 is 5.73 Å². The van der Waals surface area contributed by atoms with Crippen molar-refractivity contribution in [2.45, 2.75) is 52.3 Å². The highest BCUT2D eigenvalue weighted by atomic mass is 32.1. The highest BCUT2D eigenvalue weighted by molar-refractivity contribution is 7.80. The number of carbonyl (C=O) groups is 1. The van der Waals surface area contributed by atoms with Crippen LogP contribution in [0, 0.1) is 0 Å². The Morgan fingerprint density at radius 1 is 1.25 bits per heavy atom. The molecule has 1 atom stereocenters. The summed E-state index contributed by atoms with van der Waals surface area (Å²) in [5, 5.41) is 0. The first-order valence-electron chi connectivity index (χ1n) is 6.45. The first-order valence-corrected chi connectivity index (χ1v) is 8.47. The summed E-state index contributed by atoms with van der Waals surface area (Å²) < 4.78 is 28.3. The summed E-state index contributed by atoms with van der Waals surface area (Å²) in [6, 6.07) is 0. The van der Waals surface area contributed by atoms with Gasteiger partial charge in [0.25, 0.3) is 0 Å². The van der Waals surface area contributed by atoms with Gasteiger partial charge in [-0.3, -0.25) is 9.36 Å². The van der Waals surface area contributed by atoms with E-state index in [-0.39, 0.29) is 24.6 Å². The van der Waals surface area contributed by atoms with E-state index in [4.69, 9.17) is 31.7 Å². The molecule has 0 heterocycles. The van der Waals surface area contributed by atoms with Crippen molar-refractivity contribution in [3.63, 3.8) is 0 Å². The summed E-state index contributed by atoms with van der Waals surface area (Å²) in [5.41, 5.74) is 3.62. The Bertz CT molecular complexity index is 384. The molecular formula is C12H24NO5PS. The highest BCUT2D eigenvalue weighted by Gasteiger charge is 2.43. The molecule has 0 saturated heterocycles. The Labute approximate surface area is 125 Å². The molecule has 0 aliphatic carbocycles. The maximum Gasteiger partial charge on any atom is 0.345 e. The Morgan fingerprint density at radius 3 is 2.00 bits per heavy atom. The van der Waals surface area contributed by atoms with Gasteiger partial charge >= 0.3 is 13.6 Å². The third-order valence-electron chi connectivity index (χ3n) is 2.07. The molecule has 0 saturated carbocycles. The Morgan fingerprint density at radius 2 is 1.70 bits per heavy atom. The molecule has 6 nitrogen and oxygen atoms in total. The minimum Gasteiger partial charge on any atom is -0.459 e. The van der Waals surface area contributed by atoms with Crippen molar-refractivity contribution in [1.82, 2.24) is 0 Å². The summed E-state index contributed by atoms with van der Waals surface area (Å²) in [5.74, 6) is -0.685. The number of nitrogens with two attached hydrogens (primary N) is 1. The molecule has 0 bridgehead atoms. The molecule has 0 radical (unpaired) electrons. The molecule has 0 rings (SSSR count). The monoisotopic (exact) mass is 325 g/mol. The molecule has 8 heteroatoms. The zero-order valence-electron chi connectivity index (χ0n) is 12.7. The van der Waals surface area contributed by atoms with Crippen LogP contribution in [0.2, 0.25) is 0 Å². The molecule has 0 aromatic carbocycles. The summed E-state index contributed by atoms with van der Waals surface area (Å²) in [6.45, 7) is 8.78. The van der Waals surface area contributed by atoms with Crippen LogP contribution in [0.15, 0.2) is 0 Å². The van der Waals surface area contributed by atoms with E-state index in [1.54, 1.807) is 34.6 Å². The fourth-order valence-electron chi connectivity index (χ4n) is 1.46. The van der Waals surface area contributed by atoms with Crippen LogP contribution in [-0.4, -0.2) is 35.4 Å². The lowest BCUT2D eigenvalue weighted by atomic mass is 10.2. The van der Waals surface area contributed by atoms with Crippen LogP contribution in [-0.2, 0) is 23.1 Å². The standard InChI is InChI=1S/C12H24NO5PS/c1-6-16-19(15,17-7-2)9(8-10(13)20)11(14)18-12(3,4)5/h9H,6-8H2,1-5H3,(H2,13,20). The third kappa shape index (κ3) is 6.79. The van der Waals surface area contributed by atoms with Gasteiger partial charge in [0.1, 0.15) is 5.60 Å². The molecule has 2 N–H and O–H groups in total. The SMILES string of the molecule is CCOP(=O)(OCC)C(CC(N)=S)C(=O)OC(C)(C)C. The van der Waals surface area contributed by atoms with Crippen LogP contribution in [0.4, 0.5) is 0 Å². The molecule has 0 aliphatic heterocycles. The summed E-state index contributed by atoms with van der Waals surface area (Å²) >= 11 is 4.81. The van der Waals surface area contributed by atoms with E-state index >= 15 is 0 Å². The van der Waals surface area contributed by atoms with E-state index in [2.05, 4.69) is 0 Å². The number of rotatable bonds is 8. The van der Waals surface area contributed by atoms with Crippen LogP contribution in [0.5, 0.6) is 0 Å². The zero-order valence-corrected chi connectivity index (χ0v) is 14.4. The molecule has 0 fully saturated rings. The minimum atomic E-state index is -3.67. The number of hydrogen-bond donors (Lipinski definition) is 1. The lowest BCUT2D eigenvalue weighted by Gasteiger charge is -2.28. The van der Waals surface area contributed by atoms with E-state index in [1.165, 1.54) is 0 Å². The van der Waals surface area contributed by atoms with Gasteiger partial charge in [0, 0.05) is 6.42 Å². The quantitative estimate of drug-likeness (QED) is 0.417. The van der Waals surface area contributed by atoms with Crippen LogP contribution in [0.3, 0.4) is 0 Å². The maximum absolute atomic E-state index is 12.7. The van der Waals surface area contributed by atoms with Crippen molar-refractivity contribution in [3.8, 4) is 0 Å². The van der Waals surface area contributed by atoms with Crippen molar-refractivity contribution in [2.24, 2.45) is 5.73 Å². The largest absolute Gasteiger partial charge is 0.459 e. The highest BCUT2D eigenvalue weighted by Crippen LogP contribution is 2.54. The zero-order chi connectivity index (χ0) is 16.0. The van der Waals surface area contributed by atoms with Gasteiger partial charge in [-0.2, -0.15) is 0 Å². The summed E-state index contributed by atoms with van der Waals surface area (Å²) in [6.07, 6.45) is -0.0818. The topological polar surface area (TPSA) is 87.9 Å². The van der Waals surface area contributed by atoms with E-state index in [0.717, 1.165) is 0 Å². The minimum absolute atomic E-state index is 0.0560. The lowest BCUT2D eigenvalue weighted by Crippen LogP contribution is -2.35. The van der Waals surface area contributed by atoms with Crippen molar-refractivity contribution >= 4 is 30.8 Å². The Kier molecular flexibility index (Phi) is 7.88. The summed E-state index contributed by atoms with van der Waals surface area (Å²) in [4.78, 5) is 12.3. The fraction of sp³-hybridized carbons (Fsp3) is 0.833. The van der Waals surface area contributed by atoms with Crippen molar-refractivity contribution in [3.05, 3.63) is 0 Å². The normalized spacial score (nSPS) is 13.8. The Balaban J connectivity index is 5.34. The van der Waals surface area contributed by atoms with Gasteiger partial charge in [0.2, 0.25) is 0 Å². The molecule has 0 amide bonds. The molecule has 1 unspecified atom stereocenters. The molecule has 0 aliphatic rings. The van der Waals surface area contributed by atoms with E-state index < -0.39 is 24.8 Å². The molecule has 0 aromatic rings. The number of hydrogen-bond acceptors (Lipinski definition) is 6. The summed E-state index contributed by atoms with van der Waals surface area (Å²) in [7, 11) is -3.67. The first kappa shape index (κ1) is 19.5. The van der Waals surface area contributed by atoms with Gasteiger partial charge in [0.05, 0.1) is 18.2 Å². The number of thiocarbonyl (C=S) groups is 1. The smallest absolute Gasteiger partial charge is 0.345 e. The average Bonchev–Trinajstić information content (AvgIpc) is 2.23. The van der Waals surface area contributed by atoms with Gasteiger partial charge < -0.3 is 19.5 Å². The molecule has 0 spiro atoms. The predicted molar refractivity (Wildman–Crippen MR) is 81.9 cm³/mol. The second-order valence-corrected chi connectivity index (χ2v) is 7.84. The Hall–Kier alpha value is -0.490.